The van der Waals surface area contributed by atoms with Gasteiger partial charge in [-0.25, -0.2) is 4.79 Å². The summed E-state index contributed by atoms with van der Waals surface area (Å²) < 4.78 is 0. The molecule has 1 aromatic rings. The van der Waals surface area contributed by atoms with E-state index in [9.17, 15) is 9.90 Å². The molecular formula is C19H27NO2. The highest BCUT2D eigenvalue weighted by Crippen LogP contribution is 2.41. The fourth-order valence-electron chi connectivity index (χ4n) is 3.49. The number of allylic oxidation sites excluding steroid dienone is 1. The number of fused-ring (bicyclic) bond motifs is 1. The van der Waals surface area contributed by atoms with Gasteiger partial charge in [0.1, 0.15) is 6.04 Å². The molecule has 0 saturated carbocycles. The first-order valence-electron chi connectivity index (χ1n) is 8.10. The second-order valence-electron chi connectivity index (χ2n) is 6.87. The number of carboxylic acid groups (broad SMARTS) is 1. The van der Waals surface area contributed by atoms with Crippen molar-refractivity contribution in [2.75, 3.05) is 4.90 Å². The smallest absolute Gasteiger partial charge is 0.326 e. The number of hydrogen-bond donors (Lipinski definition) is 1. The number of carbonyl (C=O) groups is 1. The van der Waals surface area contributed by atoms with E-state index in [4.69, 9.17) is 0 Å². The fourth-order valence-corrected chi connectivity index (χ4v) is 3.49. The number of anilines is 1. The number of rotatable bonds is 5. The molecule has 1 heterocycles. The molecule has 0 bridgehead atoms. The fraction of sp³-hybridized carbons (Fsp3) is 0.526. The highest BCUT2D eigenvalue weighted by Gasteiger charge is 2.38. The molecule has 0 radical (unpaired) electrons. The molecule has 22 heavy (non-hydrogen) atoms. The lowest BCUT2D eigenvalue weighted by molar-refractivity contribution is -0.139. The van der Waals surface area contributed by atoms with Gasteiger partial charge in [-0.2, -0.15) is 0 Å². The van der Waals surface area contributed by atoms with Gasteiger partial charge in [-0.05, 0) is 51.3 Å². The monoisotopic (exact) mass is 301 g/mol. The van der Waals surface area contributed by atoms with Crippen molar-refractivity contribution in [2.45, 2.75) is 65.5 Å². The zero-order valence-corrected chi connectivity index (χ0v) is 14.3. The van der Waals surface area contributed by atoms with Crippen molar-refractivity contribution in [3.05, 3.63) is 35.4 Å². The maximum atomic E-state index is 11.9. The molecule has 1 aliphatic heterocycles. The number of aryl methyl sites for hydroxylation is 1. The van der Waals surface area contributed by atoms with Crippen LogP contribution in [0.1, 0.15) is 58.1 Å². The van der Waals surface area contributed by atoms with Gasteiger partial charge < -0.3 is 10.0 Å². The Balaban J connectivity index is 2.57. The summed E-state index contributed by atoms with van der Waals surface area (Å²) in [5.74, 6) is -0.734. The number of unbranched alkanes of at least 4 members (excludes halogenated alkanes) is 1. The van der Waals surface area contributed by atoms with Crippen LogP contribution in [-0.2, 0) is 4.79 Å². The summed E-state index contributed by atoms with van der Waals surface area (Å²) in [4.78, 5) is 14.0. The number of benzene rings is 1. The van der Waals surface area contributed by atoms with Gasteiger partial charge in [0.25, 0.3) is 0 Å². The second-order valence-corrected chi connectivity index (χ2v) is 6.87. The highest BCUT2D eigenvalue weighted by atomic mass is 16.4. The number of hydrogen-bond acceptors (Lipinski definition) is 2. The molecule has 1 atom stereocenters. The molecule has 0 amide bonds. The summed E-state index contributed by atoms with van der Waals surface area (Å²) >= 11 is 0. The van der Waals surface area contributed by atoms with Crippen molar-refractivity contribution in [3.8, 4) is 0 Å². The average Bonchev–Trinajstić information content (AvgIpc) is 2.40. The van der Waals surface area contributed by atoms with Crippen LogP contribution in [0.4, 0.5) is 5.69 Å². The summed E-state index contributed by atoms with van der Waals surface area (Å²) in [7, 11) is 0. The minimum atomic E-state index is -0.734. The lowest BCUT2D eigenvalue weighted by Gasteiger charge is -2.46. The van der Waals surface area contributed by atoms with Crippen molar-refractivity contribution in [2.24, 2.45) is 0 Å². The summed E-state index contributed by atoms with van der Waals surface area (Å²) in [6, 6.07) is 5.83. The molecule has 0 fully saturated rings. The first kappa shape index (κ1) is 16.6. The standard InChI is InChI=1S/C19H27NO2/c1-6-7-8-16(18(21)22)20-17-11-13(2)9-10-15(17)14(3)12-19(20,4)5/h9-12,16H,6-8H2,1-5H3,(H,21,22)/t16-/m0/s1. The Hall–Kier alpha value is -1.77. The minimum absolute atomic E-state index is 0.304. The van der Waals surface area contributed by atoms with Crippen molar-refractivity contribution in [3.63, 3.8) is 0 Å². The largest absolute Gasteiger partial charge is 0.480 e. The second kappa shape index (κ2) is 6.15. The van der Waals surface area contributed by atoms with Crippen molar-refractivity contribution in [1.82, 2.24) is 0 Å². The third kappa shape index (κ3) is 3.03. The van der Waals surface area contributed by atoms with Crippen LogP contribution in [0.3, 0.4) is 0 Å². The molecule has 0 aromatic heterocycles. The van der Waals surface area contributed by atoms with E-state index in [0.29, 0.717) is 6.42 Å². The molecule has 120 valence electrons. The van der Waals surface area contributed by atoms with Crippen molar-refractivity contribution >= 4 is 17.2 Å². The van der Waals surface area contributed by atoms with Gasteiger partial charge in [0.15, 0.2) is 0 Å². The molecule has 0 aliphatic carbocycles. The maximum Gasteiger partial charge on any atom is 0.326 e. The van der Waals surface area contributed by atoms with E-state index in [0.717, 1.165) is 29.7 Å². The van der Waals surface area contributed by atoms with Crippen LogP contribution in [-0.4, -0.2) is 22.7 Å². The predicted octanol–water partition coefficient (Wildman–Crippen LogP) is 4.64. The minimum Gasteiger partial charge on any atom is -0.480 e. The van der Waals surface area contributed by atoms with E-state index in [1.165, 1.54) is 5.57 Å². The molecular weight excluding hydrogens is 274 g/mol. The average molecular weight is 301 g/mol. The lowest BCUT2D eigenvalue weighted by atomic mass is 9.86. The first-order valence-corrected chi connectivity index (χ1v) is 8.10. The highest BCUT2D eigenvalue weighted by molar-refractivity contribution is 5.87. The quantitative estimate of drug-likeness (QED) is 0.861. The van der Waals surface area contributed by atoms with E-state index < -0.39 is 12.0 Å². The van der Waals surface area contributed by atoms with Gasteiger partial charge in [0, 0.05) is 11.3 Å². The number of aliphatic carboxylic acids is 1. The predicted molar refractivity (Wildman–Crippen MR) is 92.3 cm³/mol. The molecule has 2 rings (SSSR count). The summed E-state index contributed by atoms with van der Waals surface area (Å²) in [6.45, 7) is 10.5. The Labute approximate surface area is 133 Å². The van der Waals surface area contributed by atoms with E-state index in [1.54, 1.807) is 0 Å². The zero-order chi connectivity index (χ0) is 16.5. The van der Waals surface area contributed by atoms with Crippen LogP contribution in [0.2, 0.25) is 0 Å². The van der Waals surface area contributed by atoms with Gasteiger partial charge in [-0.3, -0.25) is 0 Å². The van der Waals surface area contributed by atoms with E-state index >= 15 is 0 Å². The Morgan fingerprint density at radius 3 is 2.59 bits per heavy atom. The van der Waals surface area contributed by atoms with Gasteiger partial charge in [0.2, 0.25) is 0 Å². The molecule has 0 saturated heterocycles. The van der Waals surface area contributed by atoms with E-state index in [2.05, 4.69) is 63.8 Å². The van der Waals surface area contributed by atoms with E-state index in [1.807, 2.05) is 0 Å². The zero-order valence-electron chi connectivity index (χ0n) is 14.3. The number of nitrogens with zero attached hydrogens (tertiary/aromatic N) is 1. The molecule has 1 N–H and O–H groups in total. The first-order chi connectivity index (χ1) is 10.3. The van der Waals surface area contributed by atoms with Crippen LogP contribution in [0.5, 0.6) is 0 Å². The molecule has 1 aromatic carbocycles. The Kier molecular flexibility index (Phi) is 4.64. The van der Waals surface area contributed by atoms with Gasteiger partial charge in [0.05, 0.1) is 5.54 Å². The maximum absolute atomic E-state index is 11.9. The molecule has 0 spiro atoms. The summed E-state index contributed by atoms with van der Waals surface area (Å²) in [5, 5.41) is 9.78. The van der Waals surface area contributed by atoms with Crippen LogP contribution < -0.4 is 4.90 Å². The molecule has 3 nitrogen and oxygen atoms in total. The summed E-state index contributed by atoms with van der Waals surface area (Å²) in [5.41, 5.74) is 4.27. The Morgan fingerprint density at radius 2 is 2.00 bits per heavy atom. The van der Waals surface area contributed by atoms with Crippen LogP contribution in [0, 0.1) is 6.92 Å². The van der Waals surface area contributed by atoms with Crippen molar-refractivity contribution in [1.29, 1.82) is 0 Å². The molecule has 0 unspecified atom stereocenters. The van der Waals surface area contributed by atoms with E-state index in [-0.39, 0.29) is 5.54 Å². The topological polar surface area (TPSA) is 40.5 Å². The SMILES string of the molecule is CCCC[C@@H](C(=O)O)N1c2cc(C)ccc2C(C)=CC1(C)C. The van der Waals surface area contributed by atoms with Crippen LogP contribution in [0.15, 0.2) is 24.3 Å². The normalized spacial score (nSPS) is 17.7. The van der Waals surface area contributed by atoms with Crippen LogP contribution >= 0.6 is 0 Å². The molecule has 3 heteroatoms. The van der Waals surface area contributed by atoms with Crippen molar-refractivity contribution < 1.29 is 9.90 Å². The van der Waals surface area contributed by atoms with Crippen LogP contribution in [0.25, 0.3) is 5.57 Å². The Morgan fingerprint density at radius 1 is 1.32 bits per heavy atom. The van der Waals surface area contributed by atoms with Gasteiger partial charge >= 0.3 is 5.97 Å². The van der Waals surface area contributed by atoms with Gasteiger partial charge in [-0.15, -0.1) is 0 Å². The summed E-state index contributed by atoms with van der Waals surface area (Å²) in [6.07, 6.45) is 4.79. The molecule has 1 aliphatic rings. The number of carboxylic acids is 1. The third-order valence-corrected chi connectivity index (χ3v) is 4.46. The lowest BCUT2D eigenvalue weighted by Crippen LogP contribution is -2.54. The van der Waals surface area contributed by atoms with Gasteiger partial charge in [-0.1, -0.05) is 38.0 Å². The Bertz CT molecular complexity index is 601. The third-order valence-electron chi connectivity index (χ3n) is 4.46.